The third-order valence-electron chi connectivity index (χ3n) is 4.22. The molecule has 1 aliphatic rings. The van der Waals surface area contributed by atoms with Crippen molar-refractivity contribution >= 4 is 0 Å². The van der Waals surface area contributed by atoms with Gasteiger partial charge in [0.15, 0.2) is 0 Å². The highest BCUT2D eigenvalue weighted by molar-refractivity contribution is 5.41. The molecule has 0 amide bonds. The van der Waals surface area contributed by atoms with Gasteiger partial charge in [0.2, 0.25) is 0 Å². The summed E-state index contributed by atoms with van der Waals surface area (Å²) in [6.07, 6.45) is 0.999. The molecule has 0 saturated heterocycles. The van der Waals surface area contributed by atoms with E-state index in [1.807, 2.05) is 0 Å². The minimum absolute atomic E-state index is 0.0543. The lowest BCUT2D eigenvalue weighted by atomic mass is 10.00. The molecule has 1 aliphatic heterocycles. The zero-order valence-electron chi connectivity index (χ0n) is 13.7. The maximum atomic E-state index is 5.91. The van der Waals surface area contributed by atoms with E-state index in [0.29, 0.717) is 0 Å². The third-order valence-corrected chi connectivity index (χ3v) is 4.22. The van der Waals surface area contributed by atoms with E-state index in [4.69, 9.17) is 4.74 Å². The van der Waals surface area contributed by atoms with Crippen molar-refractivity contribution in [3.8, 4) is 5.75 Å². The van der Waals surface area contributed by atoms with E-state index in [1.54, 1.807) is 0 Å². The number of nitrogens with zero attached hydrogens (tertiary/aromatic N) is 1. The second-order valence-electron chi connectivity index (χ2n) is 7.29. The molecule has 0 atom stereocenters. The summed E-state index contributed by atoms with van der Waals surface area (Å²) in [4.78, 5) is 2.25. The largest absolute Gasteiger partial charge is 0.487 e. The van der Waals surface area contributed by atoms with Crippen molar-refractivity contribution in [1.82, 2.24) is 10.2 Å². The van der Waals surface area contributed by atoms with Crippen molar-refractivity contribution in [1.29, 1.82) is 0 Å². The molecular weight excluding hydrogens is 248 g/mol. The Kier molecular flexibility index (Phi) is 4.12. The van der Waals surface area contributed by atoms with Gasteiger partial charge in [-0.3, -0.25) is 0 Å². The first kappa shape index (κ1) is 15.3. The predicted molar refractivity (Wildman–Crippen MR) is 84.3 cm³/mol. The molecule has 3 heteroatoms. The van der Waals surface area contributed by atoms with Crippen molar-refractivity contribution in [2.24, 2.45) is 0 Å². The first-order valence-corrected chi connectivity index (χ1v) is 7.39. The topological polar surface area (TPSA) is 24.5 Å². The van der Waals surface area contributed by atoms with Crippen LogP contribution in [-0.2, 0) is 13.0 Å². The minimum Gasteiger partial charge on any atom is -0.487 e. The molecule has 0 spiro atoms. The van der Waals surface area contributed by atoms with Gasteiger partial charge in [0, 0.05) is 25.0 Å². The summed E-state index contributed by atoms with van der Waals surface area (Å²) in [5.41, 5.74) is 2.78. The lowest BCUT2D eigenvalue weighted by Gasteiger charge is -2.32. The standard InChI is InChI=1S/C17H28N2O/c1-16(2,19(5)6)12-18-11-13-7-8-15-14(9-13)10-17(3,4)20-15/h7-9,18H,10-12H2,1-6H3. The monoisotopic (exact) mass is 276 g/mol. The van der Waals surface area contributed by atoms with E-state index in [2.05, 4.69) is 70.2 Å². The van der Waals surface area contributed by atoms with E-state index in [9.17, 15) is 0 Å². The molecule has 0 bridgehead atoms. The molecule has 1 aromatic carbocycles. The Morgan fingerprint density at radius 2 is 2.00 bits per heavy atom. The molecule has 112 valence electrons. The van der Waals surface area contributed by atoms with E-state index >= 15 is 0 Å². The Morgan fingerprint density at radius 3 is 2.65 bits per heavy atom. The van der Waals surface area contributed by atoms with E-state index in [0.717, 1.165) is 25.3 Å². The minimum atomic E-state index is -0.0543. The van der Waals surface area contributed by atoms with Crippen molar-refractivity contribution in [2.75, 3.05) is 20.6 Å². The smallest absolute Gasteiger partial charge is 0.123 e. The van der Waals surface area contributed by atoms with Crippen LogP contribution >= 0.6 is 0 Å². The lowest BCUT2D eigenvalue weighted by Crippen LogP contribution is -2.46. The van der Waals surface area contributed by atoms with Crippen LogP contribution in [0.1, 0.15) is 38.8 Å². The van der Waals surface area contributed by atoms with Crippen LogP contribution in [-0.4, -0.2) is 36.7 Å². The Bertz CT molecular complexity index is 478. The Hall–Kier alpha value is -1.06. The zero-order chi connectivity index (χ0) is 15.0. The summed E-state index contributed by atoms with van der Waals surface area (Å²) in [5, 5.41) is 3.55. The number of likely N-dealkylation sites (N-methyl/N-ethyl adjacent to an activating group) is 1. The highest BCUT2D eigenvalue weighted by Gasteiger charge is 2.29. The molecule has 0 saturated carbocycles. The molecule has 2 rings (SSSR count). The average molecular weight is 276 g/mol. The Balaban J connectivity index is 1.93. The van der Waals surface area contributed by atoms with Gasteiger partial charge in [0.1, 0.15) is 11.4 Å². The summed E-state index contributed by atoms with van der Waals surface area (Å²) in [5.74, 6) is 1.05. The molecular formula is C17H28N2O. The van der Waals surface area contributed by atoms with Gasteiger partial charge in [0.05, 0.1) is 0 Å². The fraction of sp³-hybridized carbons (Fsp3) is 0.647. The second-order valence-corrected chi connectivity index (χ2v) is 7.29. The van der Waals surface area contributed by atoms with Crippen LogP contribution in [0.25, 0.3) is 0 Å². The number of fused-ring (bicyclic) bond motifs is 1. The van der Waals surface area contributed by atoms with Crippen LogP contribution in [0, 0.1) is 0 Å². The molecule has 0 aromatic heterocycles. The average Bonchev–Trinajstić information content (AvgIpc) is 2.61. The molecule has 0 radical (unpaired) electrons. The van der Waals surface area contributed by atoms with E-state index < -0.39 is 0 Å². The van der Waals surface area contributed by atoms with Gasteiger partial charge < -0.3 is 15.0 Å². The SMILES string of the molecule is CN(C)C(C)(C)CNCc1ccc2c(c1)CC(C)(C)O2. The fourth-order valence-corrected chi connectivity index (χ4v) is 2.44. The molecule has 0 fully saturated rings. The van der Waals surface area contributed by atoms with Crippen molar-refractivity contribution in [2.45, 2.75) is 51.8 Å². The van der Waals surface area contributed by atoms with E-state index in [-0.39, 0.29) is 11.1 Å². The molecule has 0 unspecified atom stereocenters. The van der Waals surface area contributed by atoms with Crippen LogP contribution in [0.3, 0.4) is 0 Å². The van der Waals surface area contributed by atoms with Gasteiger partial charge in [-0.25, -0.2) is 0 Å². The summed E-state index contributed by atoms with van der Waals surface area (Å²) in [6.45, 7) is 10.7. The van der Waals surface area contributed by atoms with Crippen LogP contribution in [0.5, 0.6) is 5.75 Å². The van der Waals surface area contributed by atoms with E-state index in [1.165, 1.54) is 11.1 Å². The normalized spacial score (nSPS) is 17.1. The number of ether oxygens (including phenoxy) is 1. The molecule has 1 N–H and O–H groups in total. The first-order chi connectivity index (χ1) is 9.20. The van der Waals surface area contributed by atoms with Gasteiger partial charge >= 0.3 is 0 Å². The van der Waals surface area contributed by atoms with Crippen LogP contribution in [0.15, 0.2) is 18.2 Å². The first-order valence-electron chi connectivity index (χ1n) is 7.39. The second kappa shape index (κ2) is 5.38. The number of nitrogens with one attached hydrogen (secondary N) is 1. The number of hydrogen-bond acceptors (Lipinski definition) is 3. The van der Waals surface area contributed by atoms with Crippen molar-refractivity contribution in [3.63, 3.8) is 0 Å². The van der Waals surface area contributed by atoms with Crippen molar-refractivity contribution in [3.05, 3.63) is 29.3 Å². The van der Waals surface area contributed by atoms with Gasteiger partial charge in [-0.05, 0) is 59.0 Å². The van der Waals surface area contributed by atoms with Gasteiger partial charge in [0.25, 0.3) is 0 Å². The third kappa shape index (κ3) is 3.53. The Labute approximate surface area is 123 Å². The van der Waals surface area contributed by atoms with Gasteiger partial charge in [-0.1, -0.05) is 12.1 Å². The van der Waals surface area contributed by atoms with Crippen LogP contribution < -0.4 is 10.1 Å². The van der Waals surface area contributed by atoms with Crippen molar-refractivity contribution < 1.29 is 4.74 Å². The van der Waals surface area contributed by atoms with Crippen LogP contribution in [0.4, 0.5) is 0 Å². The summed E-state index contributed by atoms with van der Waals surface area (Å²) in [6, 6.07) is 6.55. The van der Waals surface area contributed by atoms with Crippen LogP contribution in [0.2, 0.25) is 0 Å². The molecule has 3 nitrogen and oxygen atoms in total. The quantitative estimate of drug-likeness (QED) is 0.895. The van der Waals surface area contributed by atoms with Gasteiger partial charge in [-0.2, -0.15) is 0 Å². The maximum absolute atomic E-state index is 5.91. The fourth-order valence-electron chi connectivity index (χ4n) is 2.44. The molecule has 1 aromatic rings. The van der Waals surface area contributed by atoms with Gasteiger partial charge in [-0.15, -0.1) is 0 Å². The summed E-state index contributed by atoms with van der Waals surface area (Å²) < 4.78 is 5.91. The molecule has 1 heterocycles. The summed E-state index contributed by atoms with van der Waals surface area (Å²) >= 11 is 0. The molecule has 0 aliphatic carbocycles. The predicted octanol–water partition coefficient (Wildman–Crippen LogP) is 2.83. The zero-order valence-corrected chi connectivity index (χ0v) is 13.7. The maximum Gasteiger partial charge on any atom is 0.123 e. The number of rotatable bonds is 5. The highest BCUT2D eigenvalue weighted by atomic mass is 16.5. The number of benzene rings is 1. The summed E-state index contributed by atoms with van der Waals surface area (Å²) in [7, 11) is 4.24. The lowest BCUT2D eigenvalue weighted by molar-refractivity contribution is 0.138. The molecule has 20 heavy (non-hydrogen) atoms. The Morgan fingerprint density at radius 1 is 1.30 bits per heavy atom. The number of hydrogen-bond donors (Lipinski definition) is 1. The highest BCUT2D eigenvalue weighted by Crippen LogP contribution is 2.35.